The Hall–Kier alpha value is -0.0800. The van der Waals surface area contributed by atoms with Crippen molar-refractivity contribution < 1.29 is 0 Å². The standard InChI is InChI=1S/C7H16N2/c1-3-9(4-2)7-5-6(7)8/h6-7H,3-5,8H2,1-2H3. The lowest BCUT2D eigenvalue weighted by atomic mass is 10.4. The Bertz CT molecular complexity index is 88.9. The van der Waals surface area contributed by atoms with Crippen LogP contribution in [0.2, 0.25) is 0 Å². The van der Waals surface area contributed by atoms with Crippen LogP contribution in [0.3, 0.4) is 0 Å². The van der Waals surface area contributed by atoms with E-state index in [9.17, 15) is 0 Å². The Kier molecular flexibility index (Phi) is 2.09. The molecule has 1 aliphatic rings. The molecule has 0 amide bonds. The summed E-state index contributed by atoms with van der Waals surface area (Å²) in [4.78, 5) is 2.42. The highest BCUT2D eigenvalue weighted by molar-refractivity contribution is 4.98. The summed E-state index contributed by atoms with van der Waals surface area (Å²) in [6.45, 7) is 6.67. The van der Waals surface area contributed by atoms with Gasteiger partial charge in [0.2, 0.25) is 0 Å². The van der Waals surface area contributed by atoms with Gasteiger partial charge in [-0.2, -0.15) is 0 Å². The maximum atomic E-state index is 5.68. The summed E-state index contributed by atoms with van der Waals surface area (Å²) in [6, 6.07) is 1.19. The minimum Gasteiger partial charge on any atom is -0.326 e. The van der Waals surface area contributed by atoms with Crippen LogP contribution in [-0.4, -0.2) is 30.1 Å². The molecule has 0 aromatic heterocycles. The molecular weight excluding hydrogens is 112 g/mol. The normalized spacial score (nSPS) is 33.3. The summed E-state index contributed by atoms with van der Waals surface area (Å²) in [5.74, 6) is 0. The molecule has 1 rings (SSSR count). The van der Waals surface area contributed by atoms with Crippen molar-refractivity contribution in [3.63, 3.8) is 0 Å². The smallest absolute Gasteiger partial charge is 0.0262 e. The maximum Gasteiger partial charge on any atom is 0.0262 e. The lowest BCUT2D eigenvalue weighted by molar-refractivity contribution is 0.288. The van der Waals surface area contributed by atoms with Crippen molar-refractivity contribution in [2.45, 2.75) is 32.4 Å². The van der Waals surface area contributed by atoms with E-state index in [4.69, 9.17) is 5.73 Å². The largest absolute Gasteiger partial charge is 0.326 e. The van der Waals surface area contributed by atoms with Crippen LogP contribution in [0, 0.1) is 0 Å². The Morgan fingerprint density at radius 3 is 2.00 bits per heavy atom. The molecule has 0 saturated heterocycles. The average Bonchev–Trinajstić information content (AvgIpc) is 2.51. The monoisotopic (exact) mass is 128 g/mol. The first kappa shape index (κ1) is 7.03. The lowest BCUT2D eigenvalue weighted by Crippen LogP contribution is -2.29. The van der Waals surface area contributed by atoms with Crippen molar-refractivity contribution in [1.82, 2.24) is 4.90 Å². The average molecular weight is 128 g/mol. The summed E-state index contributed by atoms with van der Waals surface area (Å²) >= 11 is 0. The molecule has 1 saturated carbocycles. The van der Waals surface area contributed by atoms with E-state index < -0.39 is 0 Å². The van der Waals surface area contributed by atoms with E-state index >= 15 is 0 Å². The van der Waals surface area contributed by atoms with E-state index in [1.807, 2.05) is 0 Å². The molecule has 0 aliphatic heterocycles. The minimum absolute atomic E-state index is 0.477. The van der Waals surface area contributed by atoms with Gasteiger partial charge in [-0.1, -0.05) is 13.8 Å². The van der Waals surface area contributed by atoms with Crippen LogP contribution in [0.15, 0.2) is 0 Å². The molecule has 0 radical (unpaired) electrons. The highest BCUT2D eigenvalue weighted by atomic mass is 15.2. The first-order valence-electron chi connectivity index (χ1n) is 3.79. The molecule has 1 fully saturated rings. The highest BCUT2D eigenvalue weighted by Crippen LogP contribution is 2.24. The second-order valence-electron chi connectivity index (χ2n) is 2.69. The number of rotatable bonds is 3. The third-order valence-corrected chi connectivity index (χ3v) is 2.09. The molecule has 1 aliphatic carbocycles. The molecule has 9 heavy (non-hydrogen) atoms. The predicted octanol–water partition coefficient (Wildman–Crippen LogP) is 0.428. The first-order chi connectivity index (χ1) is 4.29. The minimum atomic E-state index is 0.477. The van der Waals surface area contributed by atoms with E-state index in [0.717, 1.165) is 13.1 Å². The van der Waals surface area contributed by atoms with Gasteiger partial charge in [-0.25, -0.2) is 0 Å². The van der Waals surface area contributed by atoms with Crippen molar-refractivity contribution in [3.8, 4) is 0 Å². The summed E-state index contributed by atoms with van der Waals surface area (Å²) in [6.07, 6.45) is 1.21. The van der Waals surface area contributed by atoms with Crippen LogP contribution in [0.5, 0.6) is 0 Å². The summed E-state index contributed by atoms with van der Waals surface area (Å²) < 4.78 is 0. The van der Waals surface area contributed by atoms with Crippen LogP contribution in [0.4, 0.5) is 0 Å². The summed E-state index contributed by atoms with van der Waals surface area (Å²) in [5.41, 5.74) is 5.68. The zero-order valence-electron chi connectivity index (χ0n) is 6.30. The fourth-order valence-corrected chi connectivity index (χ4v) is 1.31. The molecule has 0 aromatic carbocycles. The van der Waals surface area contributed by atoms with Crippen molar-refractivity contribution in [1.29, 1.82) is 0 Å². The number of hydrogen-bond donors (Lipinski definition) is 1. The predicted molar refractivity (Wildman–Crippen MR) is 39.3 cm³/mol. The van der Waals surface area contributed by atoms with Crippen LogP contribution in [0.1, 0.15) is 20.3 Å². The van der Waals surface area contributed by atoms with Gasteiger partial charge in [0, 0.05) is 12.1 Å². The molecule has 0 spiro atoms. The van der Waals surface area contributed by atoms with Gasteiger partial charge in [0.15, 0.2) is 0 Å². The van der Waals surface area contributed by atoms with E-state index in [-0.39, 0.29) is 0 Å². The molecule has 54 valence electrons. The van der Waals surface area contributed by atoms with Gasteiger partial charge >= 0.3 is 0 Å². The number of nitrogens with two attached hydrogens (primary N) is 1. The molecule has 0 aromatic rings. The number of likely N-dealkylation sites (N-methyl/N-ethyl adjacent to an activating group) is 1. The maximum absolute atomic E-state index is 5.68. The molecule has 0 heterocycles. The van der Waals surface area contributed by atoms with E-state index in [1.165, 1.54) is 6.42 Å². The lowest BCUT2D eigenvalue weighted by Gasteiger charge is -2.16. The summed E-state index contributed by atoms with van der Waals surface area (Å²) in [5, 5.41) is 0. The van der Waals surface area contributed by atoms with Gasteiger partial charge in [0.1, 0.15) is 0 Å². The van der Waals surface area contributed by atoms with Crippen molar-refractivity contribution in [2.75, 3.05) is 13.1 Å². The van der Waals surface area contributed by atoms with Gasteiger partial charge in [0.05, 0.1) is 0 Å². The zero-order valence-corrected chi connectivity index (χ0v) is 6.30. The Morgan fingerprint density at radius 2 is 1.89 bits per heavy atom. The third kappa shape index (κ3) is 1.43. The van der Waals surface area contributed by atoms with E-state index in [0.29, 0.717) is 12.1 Å². The molecular formula is C7H16N2. The van der Waals surface area contributed by atoms with Gasteiger partial charge in [-0.05, 0) is 19.5 Å². The van der Waals surface area contributed by atoms with Crippen LogP contribution >= 0.6 is 0 Å². The fraction of sp³-hybridized carbons (Fsp3) is 1.00. The first-order valence-corrected chi connectivity index (χ1v) is 3.79. The Balaban J connectivity index is 2.23. The molecule has 2 N–H and O–H groups in total. The fourth-order valence-electron chi connectivity index (χ4n) is 1.31. The zero-order chi connectivity index (χ0) is 6.85. The topological polar surface area (TPSA) is 29.3 Å². The second kappa shape index (κ2) is 2.67. The molecule has 2 nitrogen and oxygen atoms in total. The van der Waals surface area contributed by atoms with E-state index in [1.54, 1.807) is 0 Å². The van der Waals surface area contributed by atoms with Gasteiger partial charge in [0.25, 0.3) is 0 Å². The quantitative estimate of drug-likeness (QED) is 0.597. The Labute approximate surface area is 57.0 Å². The van der Waals surface area contributed by atoms with Gasteiger partial charge < -0.3 is 5.73 Å². The molecule has 0 bridgehead atoms. The number of hydrogen-bond acceptors (Lipinski definition) is 2. The highest BCUT2D eigenvalue weighted by Gasteiger charge is 2.36. The third-order valence-electron chi connectivity index (χ3n) is 2.09. The van der Waals surface area contributed by atoms with Crippen LogP contribution in [-0.2, 0) is 0 Å². The molecule has 2 atom stereocenters. The van der Waals surface area contributed by atoms with Crippen molar-refractivity contribution >= 4 is 0 Å². The van der Waals surface area contributed by atoms with Crippen molar-refractivity contribution in [2.24, 2.45) is 5.73 Å². The SMILES string of the molecule is CCN(CC)C1CC1N. The van der Waals surface area contributed by atoms with Crippen LogP contribution in [0.25, 0.3) is 0 Å². The van der Waals surface area contributed by atoms with Gasteiger partial charge in [-0.15, -0.1) is 0 Å². The van der Waals surface area contributed by atoms with E-state index in [2.05, 4.69) is 18.7 Å². The molecule has 2 unspecified atom stereocenters. The van der Waals surface area contributed by atoms with Crippen LogP contribution < -0.4 is 5.73 Å². The number of nitrogens with zero attached hydrogens (tertiary/aromatic N) is 1. The van der Waals surface area contributed by atoms with Gasteiger partial charge in [-0.3, -0.25) is 4.90 Å². The molecule has 2 heteroatoms. The Morgan fingerprint density at radius 1 is 1.44 bits per heavy atom. The second-order valence-corrected chi connectivity index (χ2v) is 2.69. The summed E-state index contributed by atoms with van der Waals surface area (Å²) in [7, 11) is 0. The van der Waals surface area contributed by atoms with Crippen molar-refractivity contribution in [3.05, 3.63) is 0 Å².